The van der Waals surface area contributed by atoms with Crippen LogP contribution in [0.4, 0.5) is 4.39 Å². The summed E-state index contributed by atoms with van der Waals surface area (Å²) in [6, 6.07) is 5.23. The highest BCUT2D eigenvalue weighted by Gasteiger charge is 2.26. The predicted octanol–water partition coefficient (Wildman–Crippen LogP) is 4.10. The Morgan fingerprint density at radius 3 is 2.65 bits per heavy atom. The minimum atomic E-state index is -0.282. The average Bonchev–Trinajstić information content (AvgIpc) is 2.37. The average molecular weight is 256 g/mol. The van der Waals surface area contributed by atoms with Gasteiger partial charge in [0.2, 0.25) is 0 Å². The van der Waals surface area contributed by atoms with Crippen LogP contribution in [0.1, 0.15) is 43.6 Å². The van der Waals surface area contributed by atoms with Crippen LogP contribution in [0.5, 0.6) is 0 Å². The van der Waals surface area contributed by atoms with E-state index < -0.39 is 0 Å². The molecule has 3 heteroatoms. The van der Waals surface area contributed by atoms with E-state index in [1.807, 2.05) is 12.1 Å². The first kappa shape index (κ1) is 12.8. The topological polar surface area (TPSA) is 26.0 Å². The van der Waals surface area contributed by atoms with Crippen LogP contribution in [0.25, 0.3) is 0 Å². The maximum Gasteiger partial charge on any atom is 0.145 e. The van der Waals surface area contributed by atoms with Gasteiger partial charge in [0, 0.05) is 5.92 Å². The minimum Gasteiger partial charge on any atom is -0.330 e. The van der Waals surface area contributed by atoms with Crippen molar-refractivity contribution < 1.29 is 4.39 Å². The summed E-state index contributed by atoms with van der Waals surface area (Å²) in [6.45, 7) is 0.502. The third-order valence-corrected chi connectivity index (χ3v) is 4.15. The van der Waals surface area contributed by atoms with E-state index in [-0.39, 0.29) is 16.8 Å². The molecule has 0 radical (unpaired) electrons. The molecule has 0 aromatic heterocycles. The van der Waals surface area contributed by atoms with Crippen molar-refractivity contribution in [1.29, 1.82) is 0 Å². The third-order valence-electron chi connectivity index (χ3n) is 3.85. The number of rotatable bonds is 3. The van der Waals surface area contributed by atoms with Crippen molar-refractivity contribution in [3.8, 4) is 0 Å². The van der Waals surface area contributed by atoms with Crippen LogP contribution in [-0.2, 0) is 0 Å². The second-order valence-corrected chi connectivity index (χ2v) is 5.29. The highest BCUT2D eigenvalue weighted by Crippen LogP contribution is 2.37. The zero-order valence-corrected chi connectivity index (χ0v) is 10.7. The van der Waals surface area contributed by atoms with Gasteiger partial charge >= 0.3 is 0 Å². The summed E-state index contributed by atoms with van der Waals surface area (Å²) in [6.07, 6.45) is 6.10. The molecule has 1 unspecified atom stereocenters. The molecule has 0 saturated heterocycles. The van der Waals surface area contributed by atoms with Crippen LogP contribution >= 0.6 is 11.6 Å². The van der Waals surface area contributed by atoms with Gasteiger partial charge in [-0.1, -0.05) is 43.0 Å². The highest BCUT2D eigenvalue weighted by atomic mass is 35.5. The summed E-state index contributed by atoms with van der Waals surface area (Å²) in [5, 5.41) is 0.205. The van der Waals surface area contributed by atoms with Gasteiger partial charge in [0.25, 0.3) is 0 Å². The second kappa shape index (κ2) is 5.83. The van der Waals surface area contributed by atoms with E-state index in [0.717, 1.165) is 12.8 Å². The SMILES string of the molecule is NCC(c1cccc(Cl)c1F)C1CCCCC1. The number of hydrogen-bond donors (Lipinski definition) is 1. The second-order valence-electron chi connectivity index (χ2n) is 4.88. The van der Waals surface area contributed by atoms with Gasteiger partial charge in [-0.15, -0.1) is 0 Å². The first-order valence-electron chi connectivity index (χ1n) is 6.38. The highest BCUT2D eigenvalue weighted by molar-refractivity contribution is 6.30. The molecule has 1 aromatic rings. The Balaban J connectivity index is 2.24. The van der Waals surface area contributed by atoms with Crippen molar-refractivity contribution in [3.63, 3.8) is 0 Å². The van der Waals surface area contributed by atoms with Crippen LogP contribution in [0.15, 0.2) is 18.2 Å². The predicted molar refractivity (Wildman–Crippen MR) is 69.8 cm³/mol. The summed E-state index contributed by atoms with van der Waals surface area (Å²) in [4.78, 5) is 0. The lowest BCUT2D eigenvalue weighted by atomic mass is 9.77. The van der Waals surface area contributed by atoms with Gasteiger partial charge in [-0.25, -0.2) is 4.39 Å². The van der Waals surface area contributed by atoms with Crippen LogP contribution < -0.4 is 5.73 Å². The minimum absolute atomic E-state index is 0.119. The zero-order valence-electron chi connectivity index (χ0n) is 9.96. The first-order valence-corrected chi connectivity index (χ1v) is 6.75. The molecule has 1 aliphatic carbocycles. The number of hydrogen-bond acceptors (Lipinski definition) is 1. The van der Waals surface area contributed by atoms with Gasteiger partial charge in [0.05, 0.1) is 5.02 Å². The first-order chi connectivity index (χ1) is 8.24. The number of benzene rings is 1. The number of halogens is 2. The smallest absolute Gasteiger partial charge is 0.145 e. The molecule has 1 nitrogen and oxygen atoms in total. The quantitative estimate of drug-likeness (QED) is 0.865. The molecule has 0 heterocycles. The van der Waals surface area contributed by atoms with Gasteiger partial charge in [-0.05, 0) is 36.9 Å². The van der Waals surface area contributed by atoms with Crippen molar-refractivity contribution in [2.75, 3.05) is 6.54 Å². The molecule has 1 aliphatic rings. The van der Waals surface area contributed by atoms with Gasteiger partial charge in [-0.2, -0.15) is 0 Å². The molecule has 0 spiro atoms. The van der Waals surface area contributed by atoms with Crippen molar-refractivity contribution in [3.05, 3.63) is 34.6 Å². The Kier molecular flexibility index (Phi) is 4.41. The molecule has 2 N–H and O–H groups in total. The summed E-state index contributed by atoms with van der Waals surface area (Å²) in [5.74, 6) is 0.353. The maximum atomic E-state index is 14.0. The molecule has 1 saturated carbocycles. The van der Waals surface area contributed by atoms with Gasteiger partial charge in [0.15, 0.2) is 0 Å². The molecular formula is C14H19ClFN. The van der Waals surface area contributed by atoms with Crippen LogP contribution in [-0.4, -0.2) is 6.54 Å². The van der Waals surface area contributed by atoms with Crippen molar-refractivity contribution in [2.45, 2.75) is 38.0 Å². The summed E-state index contributed by atoms with van der Waals surface area (Å²) in [7, 11) is 0. The summed E-state index contributed by atoms with van der Waals surface area (Å²) < 4.78 is 14.0. The number of nitrogens with two attached hydrogens (primary N) is 1. The monoisotopic (exact) mass is 255 g/mol. The molecule has 2 rings (SSSR count). The van der Waals surface area contributed by atoms with Crippen molar-refractivity contribution in [2.24, 2.45) is 11.7 Å². The summed E-state index contributed by atoms with van der Waals surface area (Å²) >= 11 is 5.84. The van der Waals surface area contributed by atoms with E-state index in [1.165, 1.54) is 19.3 Å². The lowest BCUT2D eigenvalue weighted by Gasteiger charge is -2.30. The van der Waals surface area contributed by atoms with Crippen LogP contribution in [0.3, 0.4) is 0 Å². The van der Waals surface area contributed by atoms with Crippen LogP contribution in [0.2, 0.25) is 5.02 Å². The third kappa shape index (κ3) is 2.80. The molecule has 94 valence electrons. The maximum absolute atomic E-state index is 14.0. The van der Waals surface area contributed by atoms with Gasteiger partial charge in [-0.3, -0.25) is 0 Å². The van der Waals surface area contributed by atoms with E-state index in [2.05, 4.69) is 0 Å². The van der Waals surface area contributed by atoms with E-state index in [0.29, 0.717) is 18.0 Å². The molecule has 1 atom stereocenters. The molecular weight excluding hydrogens is 237 g/mol. The zero-order chi connectivity index (χ0) is 12.3. The Hall–Kier alpha value is -0.600. The lowest BCUT2D eigenvalue weighted by Crippen LogP contribution is -2.24. The fraction of sp³-hybridized carbons (Fsp3) is 0.571. The van der Waals surface area contributed by atoms with E-state index in [1.54, 1.807) is 6.07 Å². The summed E-state index contributed by atoms with van der Waals surface area (Å²) in [5.41, 5.74) is 6.55. The van der Waals surface area contributed by atoms with E-state index in [9.17, 15) is 4.39 Å². The largest absolute Gasteiger partial charge is 0.330 e. The Bertz CT molecular complexity index is 374. The standard InChI is InChI=1S/C14H19ClFN/c15-13-8-4-7-11(14(13)16)12(9-17)10-5-2-1-3-6-10/h4,7-8,10,12H,1-3,5-6,9,17H2. The van der Waals surface area contributed by atoms with Crippen molar-refractivity contribution >= 4 is 11.6 Å². The molecule has 0 aliphatic heterocycles. The molecule has 0 amide bonds. The molecule has 1 aromatic carbocycles. The van der Waals surface area contributed by atoms with E-state index in [4.69, 9.17) is 17.3 Å². The fourth-order valence-electron chi connectivity index (χ4n) is 2.92. The Labute approximate surface area is 107 Å². The Morgan fingerprint density at radius 2 is 2.00 bits per heavy atom. The lowest BCUT2D eigenvalue weighted by molar-refractivity contribution is 0.303. The molecule has 17 heavy (non-hydrogen) atoms. The Morgan fingerprint density at radius 1 is 1.29 bits per heavy atom. The van der Waals surface area contributed by atoms with Crippen LogP contribution in [0, 0.1) is 11.7 Å². The molecule has 0 bridgehead atoms. The molecule has 1 fully saturated rings. The fourth-order valence-corrected chi connectivity index (χ4v) is 3.10. The van der Waals surface area contributed by atoms with Gasteiger partial charge in [0.1, 0.15) is 5.82 Å². The van der Waals surface area contributed by atoms with E-state index >= 15 is 0 Å². The normalized spacial score (nSPS) is 19.2. The van der Waals surface area contributed by atoms with Gasteiger partial charge < -0.3 is 5.73 Å². The van der Waals surface area contributed by atoms with Crippen molar-refractivity contribution in [1.82, 2.24) is 0 Å².